The van der Waals surface area contributed by atoms with Gasteiger partial charge in [-0.3, -0.25) is 0 Å². The molecule has 0 aromatic carbocycles. The largest absolute Gasteiger partial charge is 0.767 e. The van der Waals surface area contributed by atoms with Crippen LogP contribution in [0.25, 0.3) is 5.41 Å². The molecule has 0 aromatic heterocycles. The monoisotopic (exact) mass is 196 g/mol. The number of rotatable bonds is 1. The molecule has 2 rings (SSSR count). The molecule has 0 saturated carbocycles. The van der Waals surface area contributed by atoms with Crippen LogP contribution in [0.2, 0.25) is 0 Å². The second-order valence-corrected chi connectivity index (χ2v) is 4.11. The summed E-state index contributed by atoms with van der Waals surface area (Å²) in [5.41, 5.74) is 0. The van der Waals surface area contributed by atoms with Gasteiger partial charge in [-0.05, 0) is 33.1 Å². The molecule has 0 aliphatic carbocycles. The standard InChI is InChI=1S/C9H16N4O/c1-7-4-3-5-8(2)13(7)12-6-9(10)14-11-12/h7-8H,3-6H2,1-2H3/t7-,8+. The van der Waals surface area contributed by atoms with Crippen molar-refractivity contribution in [1.29, 1.82) is 0 Å². The van der Waals surface area contributed by atoms with Crippen molar-refractivity contribution in [2.45, 2.75) is 45.2 Å². The van der Waals surface area contributed by atoms with Crippen LogP contribution in [-0.4, -0.2) is 34.3 Å². The Bertz CT molecular complexity index is 266. The normalized spacial score (nSPS) is 32.9. The summed E-state index contributed by atoms with van der Waals surface area (Å²) >= 11 is 0. The Morgan fingerprint density at radius 2 is 2.07 bits per heavy atom. The predicted molar refractivity (Wildman–Crippen MR) is 51.6 cm³/mol. The van der Waals surface area contributed by atoms with E-state index in [-0.39, 0.29) is 5.90 Å². The van der Waals surface area contributed by atoms with Crippen molar-refractivity contribution in [3.63, 3.8) is 0 Å². The van der Waals surface area contributed by atoms with Gasteiger partial charge in [0.2, 0.25) is 11.8 Å². The average molecular weight is 196 g/mol. The SMILES string of the molecule is C[C@@H]1CCC[C@H](C)N1[N+]1=NOC(=[N-])C1. The van der Waals surface area contributed by atoms with Gasteiger partial charge < -0.3 is 10.2 Å². The quantitative estimate of drug-likeness (QED) is 0.597. The summed E-state index contributed by atoms with van der Waals surface area (Å²) < 4.78 is 0. The molecule has 78 valence electrons. The van der Waals surface area contributed by atoms with Crippen LogP contribution in [0.4, 0.5) is 0 Å². The van der Waals surface area contributed by atoms with Crippen molar-refractivity contribution in [2.24, 2.45) is 5.28 Å². The van der Waals surface area contributed by atoms with Crippen LogP contribution in [0.5, 0.6) is 0 Å². The summed E-state index contributed by atoms with van der Waals surface area (Å²) in [4.78, 5) is 6.42. The van der Waals surface area contributed by atoms with Crippen LogP contribution in [0.1, 0.15) is 33.1 Å². The fraction of sp³-hybridized carbons (Fsp3) is 0.889. The lowest BCUT2D eigenvalue weighted by Crippen LogP contribution is -2.49. The van der Waals surface area contributed by atoms with Crippen molar-refractivity contribution in [1.82, 2.24) is 5.01 Å². The molecule has 2 heterocycles. The van der Waals surface area contributed by atoms with Crippen LogP contribution >= 0.6 is 0 Å². The summed E-state index contributed by atoms with van der Waals surface area (Å²) in [6, 6.07) is 0.939. The van der Waals surface area contributed by atoms with Gasteiger partial charge in [0.1, 0.15) is 0 Å². The first kappa shape index (κ1) is 9.43. The Morgan fingerprint density at radius 1 is 1.43 bits per heavy atom. The molecule has 1 saturated heterocycles. The average Bonchev–Trinajstić information content (AvgIpc) is 2.51. The Labute approximate surface area is 83.8 Å². The molecule has 14 heavy (non-hydrogen) atoms. The van der Waals surface area contributed by atoms with Crippen LogP contribution in [0, 0.1) is 0 Å². The molecule has 5 heteroatoms. The third-order valence-corrected chi connectivity index (χ3v) is 2.93. The van der Waals surface area contributed by atoms with E-state index in [0.717, 1.165) is 0 Å². The molecule has 0 bridgehead atoms. The van der Waals surface area contributed by atoms with Gasteiger partial charge in [0.25, 0.3) is 0 Å². The number of hydrogen-bond donors (Lipinski definition) is 0. The van der Waals surface area contributed by atoms with E-state index in [1.165, 1.54) is 19.3 Å². The van der Waals surface area contributed by atoms with Crippen molar-refractivity contribution >= 4 is 5.90 Å². The highest BCUT2D eigenvalue weighted by Crippen LogP contribution is 2.23. The van der Waals surface area contributed by atoms with Gasteiger partial charge in [-0.25, -0.2) is 0 Å². The molecule has 0 radical (unpaired) electrons. The lowest BCUT2D eigenvalue weighted by molar-refractivity contribution is -0.751. The van der Waals surface area contributed by atoms with Crippen molar-refractivity contribution < 1.29 is 9.64 Å². The van der Waals surface area contributed by atoms with E-state index in [1.54, 1.807) is 4.81 Å². The minimum absolute atomic E-state index is 0.0185. The number of nitrogens with zero attached hydrogens (tertiary/aromatic N) is 4. The first-order valence-corrected chi connectivity index (χ1v) is 5.17. The molecule has 2 atom stereocenters. The molecule has 0 spiro atoms. The molecule has 2 aliphatic rings. The third-order valence-electron chi connectivity index (χ3n) is 2.93. The summed E-state index contributed by atoms with van der Waals surface area (Å²) in [7, 11) is 0. The van der Waals surface area contributed by atoms with Gasteiger partial charge in [0, 0.05) is 4.81 Å². The number of hydrazine groups is 1. The van der Waals surface area contributed by atoms with E-state index < -0.39 is 0 Å². The smallest absolute Gasteiger partial charge is 0.241 e. The molecule has 2 aliphatic heterocycles. The maximum atomic E-state index is 9.14. The highest BCUT2D eigenvalue weighted by atomic mass is 16.7. The van der Waals surface area contributed by atoms with E-state index in [0.29, 0.717) is 18.6 Å². The minimum atomic E-state index is -0.0185. The zero-order valence-corrected chi connectivity index (χ0v) is 8.68. The first-order valence-electron chi connectivity index (χ1n) is 5.17. The summed E-state index contributed by atoms with van der Waals surface area (Å²) in [6.07, 6.45) is 3.62. The Balaban J connectivity index is 2.10. The number of piperidine rings is 1. The van der Waals surface area contributed by atoms with Gasteiger partial charge in [0.15, 0.2) is 0 Å². The summed E-state index contributed by atoms with van der Waals surface area (Å²) in [5.74, 6) is -0.0185. The van der Waals surface area contributed by atoms with E-state index in [4.69, 9.17) is 10.2 Å². The van der Waals surface area contributed by atoms with Gasteiger partial charge in [-0.2, -0.15) is 5.01 Å². The Hall–Kier alpha value is -1.13. The van der Waals surface area contributed by atoms with Gasteiger partial charge >= 0.3 is 0 Å². The fourth-order valence-electron chi connectivity index (χ4n) is 2.26. The van der Waals surface area contributed by atoms with Crippen LogP contribution < -0.4 is 0 Å². The molecule has 0 aromatic rings. The molecular formula is C9H16N4O. The van der Waals surface area contributed by atoms with Crippen molar-refractivity contribution in [3.8, 4) is 0 Å². The molecular weight excluding hydrogens is 180 g/mol. The van der Waals surface area contributed by atoms with Crippen LogP contribution in [-0.2, 0) is 4.84 Å². The predicted octanol–water partition coefficient (Wildman–Crippen LogP) is 1.54. The second-order valence-electron chi connectivity index (χ2n) is 4.11. The first-order chi connectivity index (χ1) is 6.68. The molecule has 0 unspecified atom stereocenters. The Morgan fingerprint density at radius 3 is 2.57 bits per heavy atom. The van der Waals surface area contributed by atoms with Crippen LogP contribution in [0.3, 0.4) is 0 Å². The maximum Gasteiger partial charge on any atom is 0.241 e. The molecule has 0 amide bonds. The topological polar surface area (TPSA) is 50.1 Å². The third kappa shape index (κ3) is 1.58. The number of hydrogen-bond acceptors (Lipinski definition) is 3. The highest BCUT2D eigenvalue weighted by Gasteiger charge is 2.35. The summed E-state index contributed by atoms with van der Waals surface area (Å²) in [6.45, 7) is 4.73. The molecule has 1 fully saturated rings. The second kappa shape index (κ2) is 3.55. The highest BCUT2D eigenvalue weighted by molar-refractivity contribution is 5.80. The van der Waals surface area contributed by atoms with Crippen molar-refractivity contribution in [3.05, 3.63) is 5.41 Å². The molecule has 5 nitrogen and oxygen atoms in total. The van der Waals surface area contributed by atoms with Crippen molar-refractivity contribution in [2.75, 3.05) is 6.54 Å². The van der Waals surface area contributed by atoms with E-state index >= 15 is 0 Å². The zero-order valence-electron chi connectivity index (χ0n) is 8.68. The van der Waals surface area contributed by atoms with E-state index in [1.807, 2.05) is 0 Å². The zero-order chi connectivity index (χ0) is 10.1. The van der Waals surface area contributed by atoms with E-state index in [2.05, 4.69) is 24.1 Å². The fourth-order valence-corrected chi connectivity index (χ4v) is 2.26. The van der Waals surface area contributed by atoms with Gasteiger partial charge in [-0.15, -0.1) is 0 Å². The summed E-state index contributed by atoms with van der Waals surface area (Å²) in [5, 5.41) is 15.1. The minimum Gasteiger partial charge on any atom is -0.767 e. The lowest BCUT2D eigenvalue weighted by atomic mass is 10.00. The lowest BCUT2D eigenvalue weighted by Gasteiger charge is -2.32. The van der Waals surface area contributed by atoms with Crippen LogP contribution in [0.15, 0.2) is 5.28 Å². The molecule has 0 N–H and O–H groups in total. The Kier molecular flexibility index (Phi) is 2.39. The van der Waals surface area contributed by atoms with Gasteiger partial charge in [0.05, 0.1) is 18.0 Å². The van der Waals surface area contributed by atoms with E-state index in [9.17, 15) is 0 Å². The van der Waals surface area contributed by atoms with Gasteiger partial charge in [-0.1, -0.05) is 0 Å². The maximum absolute atomic E-state index is 9.14.